The van der Waals surface area contributed by atoms with Gasteiger partial charge < -0.3 is 39.9 Å². The first-order valence-electron chi connectivity index (χ1n) is 19.7. The number of rotatable bonds is 20. The lowest BCUT2D eigenvalue weighted by Gasteiger charge is -2.41. The molecule has 54 heavy (non-hydrogen) atoms. The third kappa shape index (κ3) is 10.3. The van der Waals surface area contributed by atoms with Crippen molar-refractivity contribution < 1.29 is 43.3 Å². The third-order valence-corrected chi connectivity index (χ3v) is 12.1. The van der Waals surface area contributed by atoms with E-state index in [0.717, 1.165) is 19.3 Å². The van der Waals surface area contributed by atoms with Crippen LogP contribution in [0.2, 0.25) is 0 Å². The summed E-state index contributed by atoms with van der Waals surface area (Å²) >= 11 is 0. The topological polar surface area (TPSA) is 175 Å². The molecule has 14 nitrogen and oxygen atoms in total. The van der Waals surface area contributed by atoms with Crippen LogP contribution in [0.1, 0.15) is 106 Å². The smallest absolute Gasteiger partial charge is 0.325 e. The first-order valence-corrected chi connectivity index (χ1v) is 19.7. The van der Waals surface area contributed by atoms with Gasteiger partial charge >= 0.3 is 5.97 Å². The Hall–Kier alpha value is -3.70. The number of nitrogens with zero attached hydrogens (tertiary/aromatic N) is 3. The van der Waals surface area contributed by atoms with Crippen molar-refractivity contribution in [2.24, 2.45) is 23.7 Å². The Morgan fingerprint density at radius 1 is 0.981 bits per heavy atom. The molecule has 2 aliphatic heterocycles. The quantitative estimate of drug-likeness (QED) is 0.125. The van der Waals surface area contributed by atoms with Gasteiger partial charge in [-0.15, -0.1) is 12.3 Å². The molecule has 11 atom stereocenters. The standard InChI is InChI=1S/C40H65N5O9/c1-11-13-14-17-31(46)45-28-19-18-27(21-28)35(45)38(49)42-33(23(3)4)39(50)43(8)34(24(5)12-2)30(53-9)22-32(47)44-20-15-16-29(44)36(54-10)25(6)37(48)41-26(7)40(51)52/h1,23-30,33-36H,12-22H2,2-10H3,(H,41,48)(H,42,49)(H,51,52)/t24-,25+,26-,27-,28+,29-,30+,33-,34-,35-,36+/m0/s1. The van der Waals surface area contributed by atoms with Gasteiger partial charge in [0.15, 0.2) is 0 Å². The first kappa shape index (κ1) is 44.7. The largest absolute Gasteiger partial charge is 0.480 e. The van der Waals surface area contributed by atoms with Crippen LogP contribution >= 0.6 is 0 Å². The van der Waals surface area contributed by atoms with E-state index in [-0.39, 0.29) is 60.3 Å². The molecule has 2 saturated heterocycles. The number of hydrogen-bond donors (Lipinski definition) is 3. The molecule has 3 N–H and O–H groups in total. The van der Waals surface area contributed by atoms with Crippen LogP contribution in [-0.4, -0.2) is 132 Å². The molecule has 0 unspecified atom stereocenters. The normalized spacial score (nSPS) is 24.5. The van der Waals surface area contributed by atoms with Crippen LogP contribution in [0.4, 0.5) is 0 Å². The number of carboxylic acids is 1. The van der Waals surface area contributed by atoms with Crippen molar-refractivity contribution in [3.63, 3.8) is 0 Å². The summed E-state index contributed by atoms with van der Waals surface area (Å²) in [5.41, 5.74) is 0. The number of unbranched alkanes of at least 4 members (excludes halogenated alkanes) is 1. The highest BCUT2D eigenvalue weighted by atomic mass is 16.5. The maximum Gasteiger partial charge on any atom is 0.325 e. The van der Waals surface area contributed by atoms with Crippen molar-refractivity contribution in [2.45, 2.75) is 154 Å². The van der Waals surface area contributed by atoms with Crippen molar-refractivity contribution in [3.8, 4) is 12.3 Å². The zero-order valence-corrected chi connectivity index (χ0v) is 33.8. The fraction of sp³-hybridized carbons (Fsp3) is 0.800. The summed E-state index contributed by atoms with van der Waals surface area (Å²) in [5, 5.41) is 14.8. The zero-order valence-electron chi connectivity index (χ0n) is 33.8. The van der Waals surface area contributed by atoms with E-state index in [0.29, 0.717) is 38.6 Å². The maximum absolute atomic E-state index is 14.4. The molecule has 2 bridgehead atoms. The van der Waals surface area contributed by atoms with Gasteiger partial charge in [0.05, 0.1) is 36.6 Å². The Morgan fingerprint density at radius 2 is 1.67 bits per heavy atom. The molecule has 0 aromatic rings. The summed E-state index contributed by atoms with van der Waals surface area (Å²) in [4.78, 5) is 85.2. The highest BCUT2D eigenvalue weighted by Crippen LogP contribution is 2.43. The number of terminal acetylenes is 1. The van der Waals surface area contributed by atoms with Crippen LogP contribution in [0.25, 0.3) is 0 Å². The van der Waals surface area contributed by atoms with Crippen molar-refractivity contribution in [1.82, 2.24) is 25.3 Å². The molecule has 3 fully saturated rings. The summed E-state index contributed by atoms with van der Waals surface area (Å²) in [6.45, 7) is 11.3. The summed E-state index contributed by atoms with van der Waals surface area (Å²) in [5.74, 6) is -0.998. The Bertz CT molecular complexity index is 1380. The van der Waals surface area contributed by atoms with Crippen LogP contribution in [0.3, 0.4) is 0 Å². The van der Waals surface area contributed by atoms with Gasteiger partial charge in [-0.05, 0) is 63.2 Å². The average molecular weight is 760 g/mol. The molecule has 1 aliphatic carbocycles. The fourth-order valence-corrected chi connectivity index (χ4v) is 8.84. The van der Waals surface area contributed by atoms with Crippen LogP contribution in [-0.2, 0) is 38.2 Å². The second-order valence-electron chi connectivity index (χ2n) is 15.9. The Morgan fingerprint density at radius 3 is 2.24 bits per heavy atom. The number of aliphatic carboxylic acids is 1. The average Bonchev–Trinajstić information content (AvgIpc) is 3.90. The minimum atomic E-state index is -1.15. The number of nitrogens with one attached hydrogen (secondary N) is 2. The summed E-state index contributed by atoms with van der Waals surface area (Å²) in [6.07, 6.45) is 9.83. The number of carbonyl (C=O) groups excluding carboxylic acids is 5. The number of amides is 5. The van der Waals surface area contributed by atoms with Gasteiger partial charge in [0.1, 0.15) is 18.1 Å². The third-order valence-electron chi connectivity index (χ3n) is 12.1. The lowest BCUT2D eigenvalue weighted by atomic mass is 9.89. The second kappa shape index (κ2) is 20.3. The van der Waals surface area contributed by atoms with Crippen LogP contribution < -0.4 is 10.6 Å². The van der Waals surface area contributed by atoms with Crippen molar-refractivity contribution >= 4 is 35.5 Å². The molecule has 304 valence electrons. The molecule has 14 heteroatoms. The first-order chi connectivity index (χ1) is 25.5. The van der Waals surface area contributed by atoms with Gasteiger partial charge in [0.2, 0.25) is 29.5 Å². The SMILES string of the molecule is C#CCCCC(=O)N1[C@@H]2CC[C@@H](C2)[C@H]1C(=O)N[C@H](C(=O)N(C)[C@@H]([C@@H](C)CC)[C@@H](CC(=O)N1CCC[C@H]1[C@H](OC)[C@@H](C)C(=O)N[C@@H](C)C(=O)O)OC)C(C)C. The Balaban J connectivity index is 1.78. The van der Waals surface area contributed by atoms with E-state index >= 15 is 0 Å². The van der Waals surface area contributed by atoms with Crippen molar-refractivity contribution in [3.05, 3.63) is 0 Å². The van der Waals surface area contributed by atoms with Crippen molar-refractivity contribution in [2.75, 3.05) is 27.8 Å². The number of carbonyl (C=O) groups is 6. The van der Waals surface area contributed by atoms with E-state index in [2.05, 4.69) is 16.6 Å². The summed E-state index contributed by atoms with van der Waals surface area (Å²) in [6, 6.07) is -3.50. The minimum Gasteiger partial charge on any atom is -0.480 e. The van der Waals surface area contributed by atoms with E-state index in [4.69, 9.17) is 15.9 Å². The molecule has 0 radical (unpaired) electrons. The van der Waals surface area contributed by atoms with Crippen LogP contribution in [0, 0.1) is 36.0 Å². The predicted molar refractivity (Wildman–Crippen MR) is 203 cm³/mol. The molecule has 3 aliphatic rings. The number of likely N-dealkylation sites (N-methyl/N-ethyl adjacent to an activating group) is 1. The second-order valence-corrected chi connectivity index (χ2v) is 15.9. The fourth-order valence-electron chi connectivity index (χ4n) is 8.84. The number of hydrogen-bond acceptors (Lipinski definition) is 8. The highest BCUT2D eigenvalue weighted by molar-refractivity contribution is 5.93. The minimum absolute atomic E-state index is 0.0186. The molecule has 3 rings (SSSR count). The van der Waals surface area contributed by atoms with Gasteiger partial charge in [-0.2, -0.15) is 0 Å². The molecule has 0 aromatic heterocycles. The van der Waals surface area contributed by atoms with E-state index < -0.39 is 60.2 Å². The number of fused-ring (bicyclic) bond motifs is 2. The van der Waals surface area contributed by atoms with Gasteiger partial charge in [0, 0.05) is 46.7 Å². The number of methoxy groups -OCH3 is 2. The number of piperidine rings is 1. The predicted octanol–water partition coefficient (Wildman–Crippen LogP) is 2.82. The zero-order chi connectivity index (χ0) is 40.4. The summed E-state index contributed by atoms with van der Waals surface area (Å²) < 4.78 is 11.8. The molecule has 0 spiro atoms. The maximum atomic E-state index is 14.4. The van der Waals surface area contributed by atoms with E-state index in [9.17, 15) is 33.9 Å². The molecule has 5 amide bonds. The molecule has 1 saturated carbocycles. The van der Waals surface area contributed by atoms with Gasteiger partial charge in [-0.3, -0.25) is 28.8 Å². The summed E-state index contributed by atoms with van der Waals surface area (Å²) in [7, 11) is 4.69. The lowest BCUT2D eigenvalue weighted by molar-refractivity contribution is -0.149. The molecular weight excluding hydrogens is 694 g/mol. The van der Waals surface area contributed by atoms with E-state index in [1.807, 2.05) is 27.7 Å². The van der Waals surface area contributed by atoms with Gasteiger partial charge in [-0.25, -0.2) is 0 Å². The molecule has 0 aromatic carbocycles. The van der Waals surface area contributed by atoms with E-state index in [1.165, 1.54) is 21.1 Å². The number of carboxylic acid groups (broad SMARTS) is 1. The van der Waals surface area contributed by atoms with Gasteiger partial charge in [-0.1, -0.05) is 41.0 Å². The molecule has 2 heterocycles. The monoisotopic (exact) mass is 759 g/mol. The van der Waals surface area contributed by atoms with Gasteiger partial charge in [0.25, 0.3) is 0 Å². The van der Waals surface area contributed by atoms with Crippen molar-refractivity contribution in [1.29, 1.82) is 0 Å². The Labute approximate surface area is 321 Å². The molecular formula is C40H65N5O9. The highest BCUT2D eigenvalue weighted by Gasteiger charge is 2.52. The van der Waals surface area contributed by atoms with Crippen LogP contribution in [0.5, 0.6) is 0 Å². The lowest BCUT2D eigenvalue weighted by Crippen LogP contribution is -2.60. The number of likely N-dealkylation sites (tertiary alicyclic amines) is 2. The van der Waals surface area contributed by atoms with Crippen LogP contribution in [0.15, 0.2) is 0 Å². The number of ether oxygens (including phenoxy) is 2. The Kier molecular flexibility index (Phi) is 16.8. The van der Waals surface area contributed by atoms with E-state index in [1.54, 1.807) is 28.7 Å².